The van der Waals surface area contributed by atoms with E-state index in [9.17, 15) is 4.79 Å². The van der Waals surface area contributed by atoms with Gasteiger partial charge in [-0.25, -0.2) is 4.52 Å². The number of hydrogen-bond donors (Lipinski definition) is 1. The highest BCUT2D eigenvalue weighted by Crippen LogP contribution is 2.29. The van der Waals surface area contributed by atoms with E-state index in [2.05, 4.69) is 15.4 Å². The smallest absolute Gasteiger partial charge is 0.253 e. The average Bonchev–Trinajstić information content (AvgIpc) is 3.05. The van der Waals surface area contributed by atoms with Gasteiger partial charge in [-0.3, -0.25) is 4.79 Å². The van der Waals surface area contributed by atoms with Crippen molar-refractivity contribution >= 4 is 23.2 Å². The highest BCUT2D eigenvalue weighted by molar-refractivity contribution is 5.95. The first-order valence-corrected chi connectivity index (χ1v) is 9.61. The lowest BCUT2D eigenvalue weighted by Crippen LogP contribution is -2.30. The first-order valence-electron chi connectivity index (χ1n) is 9.61. The normalized spacial score (nSPS) is 11.1. The van der Waals surface area contributed by atoms with Crippen LogP contribution in [-0.4, -0.2) is 44.6 Å². The minimum absolute atomic E-state index is 0.00788. The number of nitrogens with one attached hydrogen (secondary N) is 1. The molecular weight excluding hydrogens is 354 g/mol. The molecule has 148 valence electrons. The van der Waals surface area contributed by atoms with Gasteiger partial charge in [0.25, 0.3) is 5.91 Å². The lowest BCUT2D eigenvalue weighted by Gasteiger charge is -2.20. The third-order valence-corrected chi connectivity index (χ3v) is 4.37. The van der Waals surface area contributed by atoms with Crippen molar-refractivity contribution in [2.24, 2.45) is 0 Å². The molecule has 2 aromatic heterocycles. The number of anilines is 2. The van der Waals surface area contributed by atoms with Crippen LogP contribution in [0, 0.1) is 6.92 Å². The Morgan fingerprint density at radius 2 is 1.96 bits per heavy atom. The van der Waals surface area contributed by atoms with Crippen LogP contribution < -0.4 is 10.1 Å². The highest BCUT2D eigenvalue weighted by atomic mass is 16.5. The van der Waals surface area contributed by atoms with Crippen LogP contribution in [0.25, 0.3) is 5.65 Å². The number of benzene rings is 1. The molecule has 0 fully saturated rings. The average molecular weight is 381 g/mol. The van der Waals surface area contributed by atoms with Crippen molar-refractivity contribution in [2.45, 2.75) is 40.7 Å². The van der Waals surface area contributed by atoms with Crippen molar-refractivity contribution < 1.29 is 9.53 Å². The number of rotatable bonds is 7. The molecule has 0 aliphatic carbocycles. The van der Waals surface area contributed by atoms with Gasteiger partial charge in [0.2, 0.25) is 5.95 Å². The van der Waals surface area contributed by atoms with Crippen LogP contribution in [0.5, 0.6) is 5.75 Å². The fourth-order valence-corrected chi connectivity index (χ4v) is 2.96. The zero-order valence-corrected chi connectivity index (χ0v) is 17.1. The Hall–Kier alpha value is -3.09. The summed E-state index contributed by atoms with van der Waals surface area (Å²) in [6, 6.07) is 9.34. The molecule has 2 heterocycles. The van der Waals surface area contributed by atoms with Gasteiger partial charge in [-0.05, 0) is 64.4 Å². The summed E-state index contributed by atoms with van der Waals surface area (Å²) >= 11 is 0. The van der Waals surface area contributed by atoms with Gasteiger partial charge in [0.15, 0.2) is 5.65 Å². The largest absolute Gasteiger partial charge is 0.489 e. The Labute approximate surface area is 165 Å². The Morgan fingerprint density at radius 1 is 1.21 bits per heavy atom. The van der Waals surface area contributed by atoms with Gasteiger partial charge >= 0.3 is 0 Å². The number of carbonyl (C=O) groups excluding carboxylic acids is 1. The first kappa shape index (κ1) is 19.7. The summed E-state index contributed by atoms with van der Waals surface area (Å²) in [5.41, 5.74) is 3.18. The molecule has 0 unspecified atom stereocenters. The van der Waals surface area contributed by atoms with Crippen molar-refractivity contribution in [1.29, 1.82) is 0 Å². The zero-order valence-electron chi connectivity index (χ0n) is 17.1. The van der Waals surface area contributed by atoms with Crippen LogP contribution in [0.3, 0.4) is 0 Å². The molecule has 7 nitrogen and oxygen atoms in total. The predicted molar refractivity (Wildman–Crippen MR) is 110 cm³/mol. The SMILES string of the molecule is CCN(CC)C(=O)c1ccc(Nc2nc3ccc(C)cn3n2)c(OC(C)C)c1. The van der Waals surface area contributed by atoms with Crippen molar-refractivity contribution in [3.63, 3.8) is 0 Å². The number of aromatic nitrogens is 3. The van der Waals surface area contributed by atoms with Gasteiger partial charge in [0.05, 0.1) is 11.8 Å². The van der Waals surface area contributed by atoms with Crippen molar-refractivity contribution in [3.05, 3.63) is 47.7 Å². The molecule has 0 atom stereocenters. The molecule has 0 saturated heterocycles. The van der Waals surface area contributed by atoms with Gasteiger partial charge in [-0.2, -0.15) is 4.98 Å². The number of aryl methyl sites for hydroxylation is 1. The Morgan fingerprint density at radius 3 is 2.64 bits per heavy atom. The minimum atomic E-state index is -0.0315. The van der Waals surface area contributed by atoms with E-state index in [1.807, 2.05) is 59.0 Å². The molecule has 0 bridgehead atoms. The summed E-state index contributed by atoms with van der Waals surface area (Å²) in [6.07, 6.45) is 1.89. The van der Waals surface area contributed by atoms with Gasteiger partial charge in [-0.1, -0.05) is 6.07 Å². The van der Waals surface area contributed by atoms with Crippen LogP contribution in [0.1, 0.15) is 43.6 Å². The fraction of sp³-hybridized carbons (Fsp3) is 0.381. The van der Waals surface area contributed by atoms with Gasteiger partial charge in [0, 0.05) is 24.8 Å². The second-order valence-corrected chi connectivity index (χ2v) is 6.92. The summed E-state index contributed by atoms with van der Waals surface area (Å²) in [7, 11) is 0. The quantitative estimate of drug-likeness (QED) is 0.668. The van der Waals surface area contributed by atoms with Crippen LogP contribution in [0.4, 0.5) is 11.6 Å². The topological polar surface area (TPSA) is 71.8 Å². The van der Waals surface area contributed by atoms with Crippen LogP contribution in [0.2, 0.25) is 0 Å². The molecule has 3 rings (SSSR count). The first-order chi connectivity index (χ1) is 13.4. The van der Waals surface area contributed by atoms with E-state index >= 15 is 0 Å². The monoisotopic (exact) mass is 381 g/mol. The second kappa shape index (κ2) is 8.29. The van der Waals surface area contributed by atoms with Crippen molar-refractivity contribution in [1.82, 2.24) is 19.5 Å². The number of pyridine rings is 1. The van der Waals surface area contributed by atoms with E-state index < -0.39 is 0 Å². The molecule has 0 radical (unpaired) electrons. The van der Waals surface area contributed by atoms with Crippen molar-refractivity contribution in [3.8, 4) is 5.75 Å². The molecule has 1 amide bonds. The second-order valence-electron chi connectivity index (χ2n) is 6.92. The van der Waals surface area contributed by atoms with E-state index in [0.29, 0.717) is 30.4 Å². The van der Waals surface area contributed by atoms with Gasteiger partial charge < -0.3 is 15.0 Å². The van der Waals surface area contributed by atoms with E-state index in [4.69, 9.17) is 4.74 Å². The summed E-state index contributed by atoms with van der Waals surface area (Å²) in [5.74, 6) is 1.07. The number of carbonyl (C=O) groups is 1. The molecular formula is C21H27N5O2. The Kier molecular flexibility index (Phi) is 5.82. The van der Waals surface area contributed by atoms with E-state index in [1.54, 1.807) is 21.5 Å². The van der Waals surface area contributed by atoms with E-state index in [1.165, 1.54) is 0 Å². The number of nitrogens with zero attached hydrogens (tertiary/aromatic N) is 4. The molecule has 1 N–H and O–H groups in total. The molecule has 1 aromatic carbocycles. The van der Waals surface area contributed by atoms with E-state index in [-0.39, 0.29) is 12.0 Å². The zero-order chi connectivity index (χ0) is 20.3. The minimum Gasteiger partial charge on any atom is -0.489 e. The third-order valence-electron chi connectivity index (χ3n) is 4.37. The van der Waals surface area contributed by atoms with Crippen molar-refractivity contribution in [2.75, 3.05) is 18.4 Å². The fourth-order valence-electron chi connectivity index (χ4n) is 2.96. The van der Waals surface area contributed by atoms with Crippen LogP contribution in [-0.2, 0) is 0 Å². The molecule has 0 saturated carbocycles. The van der Waals surface area contributed by atoms with E-state index in [0.717, 1.165) is 16.9 Å². The number of ether oxygens (including phenoxy) is 1. The van der Waals surface area contributed by atoms with Crippen LogP contribution >= 0.6 is 0 Å². The third kappa shape index (κ3) is 4.24. The lowest BCUT2D eigenvalue weighted by atomic mass is 10.1. The molecule has 3 aromatic rings. The summed E-state index contributed by atoms with van der Waals surface area (Å²) in [5, 5.41) is 7.68. The Balaban J connectivity index is 1.93. The molecule has 28 heavy (non-hydrogen) atoms. The maximum Gasteiger partial charge on any atom is 0.253 e. The number of hydrogen-bond acceptors (Lipinski definition) is 5. The predicted octanol–water partition coefficient (Wildman–Crippen LogP) is 4.05. The standard InChI is InChI=1S/C21H27N5O2/c1-6-25(7-2)20(27)16-9-10-17(18(12-16)28-14(3)4)22-21-23-19-11-8-15(5)13-26(19)24-21/h8-14H,6-7H2,1-5H3,(H,22,24). The summed E-state index contributed by atoms with van der Waals surface area (Å²) in [4.78, 5) is 19.0. The summed E-state index contributed by atoms with van der Waals surface area (Å²) < 4.78 is 7.69. The number of amides is 1. The molecule has 0 spiro atoms. The molecule has 0 aliphatic heterocycles. The Bertz CT molecular complexity index is 976. The number of fused-ring (bicyclic) bond motifs is 1. The van der Waals surface area contributed by atoms with Gasteiger partial charge in [-0.15, -0.1) is 5.10 Å². The summed E-state index contributed by atoms with van der Waals surface area (Å²) in [6.45, 7) is 11.2. The van der Waals surface area contributed by atoms with Gasteiger partial charge in [0.1, 0.15) is 5.75 Å². The maximum atomic E-state index is 12.7. The highest BCUT2D eigenvalue weighted by Gasteiger charge is 2.17. The molecule has 0 aliphatic rings. The van der Waals surface area contributed by atoms with Crippen LogP contribution in [0.15, 0.2) is 36.5 Å². The molecule has 7 heteroatoms. The lowest BCUT2D eigenvalue weighted by molar-refractivity contribution is 0.0772. The maximum absolute atomic E-state index is 12.7.